The van der Waals surface area contributed by atoms with Crippen LogP contribution in [0.5, 0.6) is 0 Å². The maximum Gasteiger partial charge on any atom is 0.244 e. The summed E-state index contributed by atoms with van der Waals surface area (Å²) in [7, 11) is 0. The lowest BCUT2D eigenvalue weighted by atomic mass is 9.79. The molecular weight excluding hydrogens is 528 g/mol. The zero-order valence-corrected chi connectivity index (χ0v) is 22.7. The van der Waals surface area contributed by atoms with E-state index in [4.69, 9.17) is 0 Å². The second kappa shape index (κ2) is 8.66. The summed E-state index contributed by atoms with van der Waals surface area (Å²) in [6, 6.07) is 11.5. The van der Waals surface area contributed by atoms with Crippen LogP contribution < -0.4 is 16.0 Å². The highest BCUT2D eigenvalue weighted by Crippen LogP contribution is 2.48. The largest absolute Gasteiger partial charge is 0.325 e. The van der Waals surface area contributed by atoms with Crippen LogP contribution in [0.1, 0.15) is 48.1 Å². The molecule has 2 aliphatic heterocycles. The molecule has 2 aromatic carbocycles. The SMILES string of the molecule is CC1(C)NC[C@@]2(CCc3c(F)cc(F)cc32)N(CC(=O)Nc2ccc3c(c2)C[C@@]2(C3)C(=O)Nc3ncccc32)C1=O. The Morgan fingerprint density at radius 3 is 2.71 bits per heavy atom. The van der Waals surface area contributed by atoms with Crippen LogP contribution >= 0.6 is 0 Å². The van der Waals surface area contributed by atoms with Crippen LogP contribution in [0.15, 0.2) is 48.7 Å². The van der Waals surface area contributed by atoms with Gasteiger partial charge >= 0.3 is 0 Å². The summed E-state index contributed by atoms with van der Waals surface area (Å²) in [6.07, 6.45) is 3.40. The quantitative estimate of drug-likeness (QED) is 0.459. The van der Waals surface area contributed by atoms with Crippen molar-refractivity contribution < 1.29 is 23.2 Å². The number of rotatable bonds is 3. The molecule has 2 spiro atoms. The predicted molar refractivity (Wildman–Crippen MR) is 147 cm³/mol. The Bertz CT molecular complexity index is 1670. The van der Waals surface area contributed by atoms with Gasteiger partial charge in [-0.1, -0.05) is 12.1 Å². The van der Waals surface area contributed by atoms with Crippen LogP contribution in [0.2, 0.25) is 0 Å². The predicted octanol–water partition coefficient (Wildman–Crippen LogP) is 3.34. The molecule has 0 saturated carbocycles. The summed E-state index contributed by atoms with van der Waals surface area (Å²) in [6.45, 7) is 3.47. The zero-order valence-electron chi connectivity index (χ0n) is 22.7. The lowest BCUT2D eigenvalue weighted by molar-refractivity contribution is -0.152. The molecule has 10 heteroatoms. The fourth-order valence-corrected chi connectivity index (χ4v) is 7.19. The van der Waals surface area contributed by atoms with Gasteiger partial charge in [0.25, 0.3) is 0 Å². The molecule has 3 aromatic rings. The summed E-state index contributed by atoms with van der Waals surface area (Å²) in [5.41, 5.74) is 1.49. The van der Waals surface area contributed by atoms with Gasteiger partial charge < -0.3 is 20.9 Å². The van der Waals surface area contributed by atoms with Crippen molar-refractivity contribution in [2.24, 2.45) is 0 Å². The highest BCUT2D eigenvalue weighted by Gasteiger charge is 2.54. The van der Waals surface area contributed by atoms with Gasteiger partial charge in [0.1, 0.15) is 24.0 Å². The molecule has 3 amide bonds. The van der Waals surface area contributed by atoms with Crippen LogP contribution in [-0.4, -0.2) is 46.2 Å². The van der Waals surface area contributed by atoms with E-state index in [0.717, 1.165) is 22.8 Å². The van der Waals surface area contributed by atoms with Crippen molar-refractivity contribution in [2.45, 2.75) is 56.0 Å². The Kier molecular flexibility index (Phi) is 5.44. The molecule has 3 N–H and O–H groups in total. The number of aromatic nitrogens is 1. The normalized spacial score (nSPS) is 25.3. The standard InChI is InChI=1S/C31H29F2N5O3/c1-29(2)28(41)38(31(16-35-29)8-7-21-23(31)11-19(32)12-24(21)33)15-25(39)36-20-6-5-17-13-30(14-18(17)10-20)22-4-3-9-34-26(22)37-27(30)40/h3-6,9-12,35H,7-8,13-16H2,1-2H3,(H,36,39)(H,34,37,40)/t30-,31-/m1/s1. The summed E-state index contributed by atoms with van der Waals surface area (Å²) < 4.78 is 29.0. The van der Waals surface area contributed by atoms with E-state index < -0.39 is 34.0 Å². The Morgan fingerprint density at radius 1 is 1.07 bits per heavy atom. The molecule has 41 heavy (non-hydrogen) atoms. The topological polar surface area (TPSA) is 103 Å². The van der Waals surface area contributed by atoms with E-state index in [1.165, 1.54) is 11.0 Å². The minimum Gasteiger partial charge on any atom is -0.325 e. The lowest BCUT2D eigenvalue weighted by Gasteiger charge is -2.50. The Hall–Kier alpha value is -4.18. The van der Waals surface area contributed by atoms with Crippen LogP contribution in [0.4, 0.5) is 20.3 Å². The van der Waals surface area contributed by atoms with E-state index in [2.05, 4.69) is 20.9 Å². The van der Waals surface area contributed by atoms with Gasteiger partial charge in [0.05, 0.1) is 16.5 Å². The van der Waals surface area contributed by atoms with E-state index in [0.29, 0.717) is 48.3 Å². The van der Waals surface area contributed by atoms with Crippen molar-refractivity contribution in [3.8, 4) is 0 Å². The number of piperazine rings is 1. The van der Waals surface area contributed by atoms with Crippen molar-refractivity contribution in [3.05, 3.63) is 88.1 Å². The Balaban J connectivity index is 1.15. The molecule has 1 aromatic heterocycles. The maximum atomic E-state index is 14.7. The number of pyridine rings is 1. The molecule has 0 bridgehead atoms. The first kappa shape index (κ1) is 25.8. The molecule has 3 heterocycles. The van der Waals surface area contributed by atoms with Gasteiger partial charge in [0.15, 0.2) is 0 Å². The average molecular weight is 558 g/mol. The molecule has 7 rings (SSSR count). The smallest absolute Gasteiger partial charge is 0.244 e. The van der Waals surface area contributed by atoms with Crippen LogP contribution in [0.25, 0.3) is 0 Å². The van der Waals surface area contributed by atoms with Crippen molar-refractivity contribution >= 4 is 29.2 Å². The molecule has 4 aliphatic rings. The zero-order chi connectivity index (χ0) is 28.7. The number of hydrogen-bond acceptors (Lipinski definition) is 5. The number of carbonyl (C=O) groups excluding carboxylic acids is 3. The maximum absolute atomic E-state index is 14.7. The number of hydrogen-bond donors (Lipinski definition) is 3. The number of nitrogens with zero attached hydrogens (tertiary/aromatic N) is 2. The second-order valence-corrected chi connectivity index (χ2v) is 12.1. The second-order valence-electron chi connectivity index (χ2n) is 12.1. The highest BCUT2D eigenvalue weighted by atomic mass is 19.1. The molecule has 8 nitrogen and oxygen atoms in total. The van der Waals surface area contributed by atoms with Crippen LogP contribution in [-0.2, 0) is 44.6 Å². The molecule has 0 unspecified atom stereocenters. The van der Waals surface area contributed by atoms with E-state index in [1.54, 1.807) is 26.1 Å². The molecule has 1 fully saturated rings. The van der Waals surface area contributed by atoms with Gasteiger partial charge in [-0.3, -0.25) is 14.4 Å². The minimum absolute atomic E-state index is 0.0807. The first-order chi connectivity index (χ1) is 19.5. The van der Waals surface area contributed by atoms with Gasteiger partial charge in [-0.15, -0.1) is 0 Å². The lowest BCUT2D eigenvalue weighted by Crippen LogP contribution is -2.70. The van der Waals surface area contributed by atoms with Crippen LogP contribution in [0, 0.1) is 11.6 Å². The molecule has 1 saturated heterocycles. The number of carbonyl (C=O) groups is 3. The van der Waals surface area contributed by atoms with Gasteiger partial charge in [-0.05, 0) is 86.1 Å². The Morgan fingerprint density at radius 2 is 1.88 bits per heavy atom. The number of anilines is 2. The van der Waals surface area contributed by atoms with E-state index >= 15 is 0 Å². The van der Waals surface area contributed by atoms with Gasteiger partial charge in [-0.2, -0.15) is 0 Å². The summed E-state index contributed by atoms with van der Waals surface area (Å²) in [5, 5.41) is 9.04. The Labute approximate surface area is 235 Å². The first-order valence-electron chi connectivity index (χ1n) is 13.8. The molecule has 0 radical (unpaired) electrons. The third-order valence-electron chi connectivity index (χ3n) is 9.34. The number of nitrogens with one attached hydrogen (secondary N) is 3. The number of amides is 3. The summed E-state index contributed by atoms with van der Waals surface area (Å²) >= 11 is 0. The third kappa shape index (κ3) is 3.73. The van der Waals surface area contributed by atoms with E-state index in [1.807, 2.05) is 24.3 Å². The third-order valence-corrected chi connectivity index (χ3v) is 9.34. The number of halogens is 2. The van der Waals surface area contributed by atoms with E-state index in [-0.39, 0.29) is 24.9 Å². The molecule has 2 atom stereocenters. The fourth-order valence-electron chi connectivity index (χ4n) is 7.19. The first-order valence-corrected chi connectivity index (χ1v) is 13.8. The van der Waals surface area contributed by atoms with Gasteiger partial charge in [0, 0.05) is 30.1 Å². The van der Waals surface area contributed by atoms with Crippen LogP contribution in [0.3, 0.4) is 0 Å². The molecule has 2 aliphatic carbocycles. The highest BCUT2D eigenvalue weighted by molar-refractivity contribution is 6.06. The van der Waals surface area contributed by atoms with Crippen molar-refractivity contribution in [1.82, 2.24) is 15.2 Å². The van der Waals surface area contributed by atoms with Gasteiger partial charge in [0.2, 0.25) is 17.7 Å². The molecular formula is C31H29F2N5O3. The number of fused-ring (bicyclic) bond motifs is 5. The van der Waals surface area contributed by atoms with Gasteiger partial charge in [-0.25, -0.2) is 13.8 Å². The average Bonchev–Trinajstić information content (AvgIpc) is 3.57. The minimum atomic E-state index is -1.04. The van der Waals surface area contributed by atoms with Crippen molar-refractivity contribution in [1.29, 1.82) is 0 Å². The molecule has 210 valence electrons. The van der Waals surface area contributed by atoms with E-state index in [9.17, 15) is 23.2 Å². The summed E-state index contributed by atoms with van der Waals surface area (Å²) in [5.74, 6) is -1.57. The fraction of sp³-hybridized carbons (Fsp3) is 0.355. The summed E-state index contributed by atoms with van der Waals surface area (Å²) in [4.78, 5) is 45.9. The monoisotopic (exact) mass is 557 g/mol. The number of benzene rings is 2. The van der Waals surface area contributed by atoms with Crippen molar-refractivity contribution in [2.75, 3.05) is 23.7 Å². The van der Waals surface area contributed by atoms with Crippen molar-refractivity contribution in [3.63, 3.8) is 0 Å².